The molecule has 3 aliphatic heterocycles. The number of rotatable bonds is 6. The number of benzene rings is 3. The molecule has 2 fully saturated rings. The van der Waals surface area contributed by atoms with Gasteiger partial charge in [-0.3, -0.25) is 14.3 Å². The van der Waals surface area contributed by atoms with Gasteiger partial charge in [0.2, 0.25) is 0 Å². The molecule has 0 radical (unpaired) electrons. The molecule has 3 N–H and O–H groups in total. The van der Waals surface area contributed by atoms with Crippen molar-refractivity contribution in [3.8, 4) is 11.3 Å². The molecule has 0 bridgehead atoms. The Morgan fingerprint density at radius 2 is 1.38 bits per heavy atom. The Balaban J connectivity index is 1.02. The van der Waals surface area contributed by atoms with Gasteiger partial charge in [0.05, 0.1) is 18.4 Å². The molecule has 0 aliphatic carbocycles. The van der Waals surface area contributed by atoms with E-state index >= 15 is 0 Å². The smallest absolute Gasteiger partial charge is 0.265 e. The first-order valence-corrected chi connectivity index (χ1v) is 17.7. The predicted octanol–water partition coefficient (Wildman–Crippen LogP) is 3.75. The summed E-state index contributed by atoms with van der Waals surface area (Å²) in [6.07, 6.45) is 7.78. The second-order valence-electron chi connectivity index (χ2n) is 13.1. The van der Waals surface area contributed by atoms with Crippen LogP contribution in [0.3, 0.4) is 0 Å². The molecule has 11 heteroatoms. The molecular weight excluding hydrogens is 602 g/mol. The van der Waals surface area contributed by atoms with Gasteiger partial charge < -0.3 is 25.8 Å². The Labute approximate surface area is 282 Å². The summed E-state index contributed by atoms with van der Waals surface area (Å²) in [5, 5.41) is 21.2. The molecule has 4 aromatic rings. The zero-order valence-corrected chi connectivity index (χ0v) is 27.8. The van der Waals surface area contributed by atoms with Gasteiger partial charge in [0.1, 0.15) is 5.69 Å². The first-order chi connectivity index (χ1) is 23.7. The average molecular weight is 650 g/mol. The lowest BCUT2D eigenvalue weighted by molar-refractivity contribution is 0.0893. The lowest BCUT2D eigenvalue weighted by Gasteiger charge is -2.32. The molecule has 0 saturated carbocycles. The van der Waals surface area contributed by atoms with E-state index in [4.69, 9.17) is 0 Å². The van der Waals surface area contributed by atoms with Crippen LogP contribution in [0.25, 0.3) is 22.0 Å². The highest BCUT2D eigenvalue weighted by atomic mass is 16.2. The van der Waals surface area contributed by atoms with Crippen LogP contribution in [0.2, 0.25) is 0 Å². The molecule has 48 heavy (non-hydrogen) atoms. The molecule has 1 aromatic heterocycles. The fourth-order valence-electron chi connectivity index (χ4n) is 7.18. The minimum atomic E-state index is -0.289. The highest BCUT2D eigenvalue weighted by molar-refractivity contribution is 6.36. The van der Waals surface area contributed by atoms with Crippen molar-refractivity contribution in [2.24, 2.45) is 0 Å². The number of hydrogen-bond donors (Lipinski definition) is 3. The minimum Gasteiger partial charge on any atom is -0.371 e. The summed E-state index contributed by atoms with van der Waals surface area (Å²) in [6, 6.07) is 17.2. The minimum absolute atomic E-state index is 0.289. The summed E-state index contributed by atoms with van der Waals surface area (Å²) >= 11 is 0. The molecule has 4 heterocycles. The number of imide groups is 1. The van der Waals surface area contributed by atoms with Crippen molar-refractivity contribution in [1.82, 2.24) is 35.8 Å². The van der Waals surface area contributed by atoms with Crippen molar-refractivity contribution in [2.75, 3.05) is 81.8 Å². The topological polar surface area (TPSA) is 111 Å². The van der Waals surface area contributed by atoms with Gasteiger partial charge >= 0.3 is 0 Å². The normalized spacial score (nSPS) is 19.1. The van der Waals surface area contributed by atoms with Crippen molar-refractivity contribution in [3.63, 3.8) is 0 Å². The summed E-state index contributed by atoms with van der Waals surface area (Å²) in [4.78, 5) is 33.9. The molecule has 3 aromatic carbocycles. The van der Waals surface area contributed by atoms with Gasteiger partial charge in [-0.1, -0.05) is 29.5 Å². The van der Waals surface area contributed by atoms with E-state index in [2.05, 4.69) is 42.1 Å². The summed E-state index contributed by atoms with van der Waals surface area (Å²) < 4.78 is 1.90. The quantitative estimate of drug-likeness (QED) is 0.269. The molecular formula is C37H47N9O2. The molecule has 2 saturated heterocycles. The van der Waals surface area contributed by atoms with Crippen molar-refractivity contribution < 1.29 is 9.59 Å². The number of nitrogens with zero attached hydrogens (tertiary/aromatic N) is 6. The maximum atomic E-state index is 13.9. The van der Waals surface area contributed by atoms with Crippen molar-refractivity contribution in [3.05, 3.63) is 71.9 Å². The zero-order valence-electron chi connectivity index (χ0n) is 27.8. The lowest BCUT2D eigenvalue weighted by atomic mass is 9.92. The summed E-state index contributed by atoms with van der Waals surface area (Å²) in [6.45, 7) is 11.8. The van der Waals surface area contributed by atoms with Gasteiger partial charge in [0, 0.05) is 79.0 Å². The van der Waals surface area contributed by atoms with Gasteiger partial charge in [0.25, 0.3) is 11.8 Å². The van der Waals surface area contributed by atoms with E-state index in [1.54, 1.807) is 0 Å². The van der Waals surface area contributed by atoms with Crippen LogP contribution in [0.4, 0.5) is 11.4 Å². The fraction of sp³-hybridized carbons (Fsp3) is 0.459. The predicted molar refractivity (Wildman–Crippen MR) is 191 cm³/mol. The van der Waals surface area contributed by atoms with Gasteiger partial charge in [0.15, 0.2) is 0 Å². The van der Waals surface area contributed by atoms with Crippen LogP contribution in [0.1, 0.15) is 52.8 Å². The van der Waals surface area contributed by atoms with Crippen LogP contribution in [-0.4, -0.2) is 104 Å². The first kappa shape index (κ1) is 32.4. The third-order valence-electron chi connectivity index (χ3n) is 9.80. The van der Waals surface area contributed by atoms with Gasteiger partial charge in [-0.2, -0.15) is 0 Å². The molecule has 0 unspecified atom stereocenters. The summed E-state index contributed by atoms with van der Waals surface area (Å²) in [5.41, 5.74) is 4.45. The average Bonchev–Trinajstić information content (AvgIpc) is 3.60. The molecule has 3 aliphatic rings. The van der Waals surface area contributed by atoms with Crippen LogP contribution < -0.4 is 25.8 Å². The standard InChI is InChI=1S/C37H47N9O2/c47-36-31-8-4-7-30-34(44-22-2-1-3-23-44)14-13-32(35(30)31)37(48)46(36)29-11-9-28(10-12-29)33-27-45(42-41-33)26-25-43-21-6-17-39-19-18-38-15-5-16-40-20-24-43/h4,7-14,27,38-40H,1-3,5-6,15-26H2. The van der Waals surface area contributed by atoms with Crippen LogP contribution in [0, 0.1) is 0 Å². The molecule has 252 valence electrons. The van der Waals surface area contributed by atoms with Gasteiger partial charge in [-0.05, 0) is 88.6 Å². The van der Waals surface area contributed by atoms with Crippen molar-refractivity contribution >= 4 is 34.0 Å². The second-order valence-corrected chi connectivity index (χ2v) is 13.1. The van der Waals surface area contributed by atoms with Crippen molar-refractivity contribution in [1.29, 1.82) is 0 Å². The number of anilines is 2. The van der Waals surface area contributed by atoms with Crippen LogP contribution in [0.15, 0.2) is 60.8 Å². The highest BCUT2D eigenvalue weighted by Crippen LogP contribution is 2.38. The van der Waals surface area contributed by atoms with E-state index in [9.17, 15) is 9.59 Å². The lowest BCUT2D eigenvalue weighted by Crippen LogP contribution is -2.40. The number of carbonyl (C=O) groups excluding carboxylic acids is 2. The van der Waals surface area contributed by atoms with E-state index in [0.717, 1.165) is 132 Å². The Bertz CT molecular complexity index is 1680. The fourth-order valence-corrected chi connectivity index (χ4v) is 7.18. The molecule has 0 atom stereocenters. The Kier molecular flexibility index (Phi) is 10.4. The second kappa shape index (κ2) is 15.4. The van der Waals surface area contributed by atoms with E-state index in [1.165, 1.54) is 11.3 Å². The Morgan fingerprint density at radius 1 is 0.646 bits per heavy atom. The van der Waals surface area contributed by atoms with Crippen LogP contribution in [0.5, 0.6) is 0 Å². The molecule has 11 nitrogen and oxygen atoms in total. The maximum Gasteiger partial charge on any atom is 0.265 e. The number of hydrogen-bond acceptors (Lipinski definition) is 9. The number of amides is 2. The Morgan fingerprint density at radius 3 is 2.17 bits per heavy atom. The number of nitrogens with one attached hydrogen (secondary N) is 3. The Hall–Kier alpha value is -4.16. The largest absolute Gasteiger partial charge is 0.371 e. The van der Waals surface area contributed by atoms with E-state index in [-0.39, 0.29) is 11.8 Å². The van der Waals surface area contributed by atoms with Crippen molar-refractivity contribution in [2.45, 2.75) is 38.6 Å². The van der Waals surface area contributed by atoms with Gasteiger partial charge in [-0.15, -0.1) is 5.10 Å². The van der Waals surface area contributed by atoms with Crippen LogP contribution in [-0.2, 0) is 6.54 Å². The summed E-state index contributed by atoms with van der Waals surface area (Å²) in [5.74, 6) is -0.577. The van der Waals surface area contributed by atoms with E-state index < -0.39 is 0 Å². The molecule has 0 spiro atoms. The highest BCUT2D eigenvalue weighted by Gasteiger charge is 2.35. The van der Waals surface area contributed by atoms with E-state index in [0.29, 0.717) is 16.8 Å². The summed E-state index contributed by atoms with van der Waals surface area (Å²) in [7, 11) is 0. The monoisotopic (exact) mass is 649 g/mol. The van der Waals surface area contributed by atoms with Crippen LogP contribution >= 0.6 is 0 Å². The SMILES string of the molecule is O=C1c2cccc3c(N4CCCCC4)ccc(c23)C(=O)N1c1ccc(-c2cn(CCN3CCCNCCNCCCNCC3)nn2)cc1. The third kappa shape index (κ3) is 7.14. The van der Waals surface area contributed by atoms with Gasteiger partial charge in [-0.25, -0.2) is 4.90 Å². The molecule has 2 amide bonds. The number of carbonyl (C=O) groups is 2. The zero-order chi connectivity index (χ0) is 32.7. The number of piperidine rings is 1. The third-order valence-corrected chi connectivity index (χ3v) is 9.80. The molecule has 7 rings (SSSR count). The number of aromatic nitrogens is 3. The van der Waals surface area contributed by atoms with E-state index in [1.807, 2.05) is 59.4 Å². The maximum absolute atomic E-state index is 13.9. The first-order valence-electron chi connectivity index (χ1n) is 17.7.